The first-order valence-electron chi connectivity index (χ1n) is 4.03. The van der Waals surface area contributed by atoms with E-state index in [2.05, 4.69) is 4.99 Å². The number of rotatable bonds is 2. The molecule has 0 aliphatic rings. The quantitative estimate of drug-likeness (QED) is 0.666. The molecule has 0 bridgehead atoms. The molecule has 64 valence electrons. The van der Waals surface area contributed by atoms with Crippen LogP contribution in [0, 0.1) is 0 Å². The van der Waals surface area contributed by atoms with Crippen molar-refractivity contribution in [2.24, 2.45) is 4.99 Å². The van der Waals surface area contributed by atoms with E-state index in [1.807, 2.05) is 19.1 Å². The zero-order valence-electron chi connectivity index (χ0n) is 7.41. The highest BCUT2D eigenvalue weighted by Gasteiger charge is 1.99. The van der Waals surface area contributed by atoms with Crippen LogP contribution in [0.5, 0.6) is 5.75 Å². The van der Waals surface area contributed by atoms with Crippen LogP contribution in [-0.2, 0) is 0 Å². The topological polar surface area (TPSA) is 32.6 Å². The summed E-state index contributed by atoms with van der Waals surface area (Å²) in [7, 11) is 1.77. The van der Waals surface area contributed by atoms with E-state index in [-0.39, 0.29) is 0 Å². The van der Waals surface area contributed by atoms with Crippen molar-refractivity contribution in [3.8, 4) is 5.75 Å². The number of hydrogen-bond donors (Lipinski definition) is 1. The van der Waals surface area contributed by atoms with E-state index in [0.29, 0.717) is 5.75 Å². The van der Waals surface area contributed by atoms with Gasteiger partial charge in [0.15, 0.2) is 0 Å². The van der Waals surface area contributed by atoms with Gasteiger partial charge in [-0.15, -0.1) is 0 Å². The first-order chi connectivity index (χ1) is 5.77. The molecule has 0 fully saturated rings. The van der Waals surface area contributed by atoms with Crippen LogP contribution in [0.1, 0.15) is 18.9 Å². The SMILES string of the molecule is CCC(=NC)c1cccc(O)c1. The van der Waals surface area contributed by atoms with Gasteiger partial charge in [-0.2, -0.15) is 0 Å². The van der Waals surface area contributed by atoms with Crippen LogP contribution in [0.15, 0.2) is 29.3 Å². The van der Waals surface area contributed by atoms with Gasteiger partial charge in [-0.3, -0.25) is 4.99 Å². The Kier molecular flexibility index (Phi) is 2.86. The van der Waals surface area contributed by atoms with E-state index in [1.165, 1.54) is 0 Å². The van der Waals surface area contributed by atoms with Gasteiger partial charge >= 0.3 is 0 Å². The van der Waals surface area contributed by atoms with Crippen LogP contribution in [0.25, 0.3) is 0 Å². The number of aromatic hydroxyl groups is 1. The zero-order chi connectivity index (χ0) is 8.97. The summed E-state index contributed by atoms with van der Waals surface area (Å²) in [6.07, 6.45) is 0.889. The van der Waals surface area contributed by atoms with Crippen LogP contribution in [0.3, 0.4) is 0 Å². The second-order valence-electron chi connectivity index (χ2n) is 2.57. The number of nitrogens with zero attached hydrogens (tertiary/aromatic N) is 1. The standard InChI is InChI=1S/C10H13NO/c1-3-10(11-2)8-5-4-6-9(12)7-8/h4-7,12H,3H2,1-2H3. The largest absolute Gasteiger partial charge is 0.508 e. The van der Waals surface area contributed by atoms with Crippen molar-refractivity contribution in [2.75, 3.05) is 7.05 Å². The molecule has 0 spiro atoms. The van der Waals surface area contributed by atoms with Crippen molar-refractivity contribution in [3.63, 3.8) is 0 Å². The summed E-state index contributed by atoms with van der Waals surface area (Å²) in [5, 5.41) is 9.20. The second-order valence-corrected chi connectivity index (χ2v) is 2.57. The van der Waals surface area contributed by atoms with Crippen molar-refractivity contribution < 1.29 is 5.11 Å². The van der Waals surface area contributed by atoms with Gasteiger partial charge in [0.05, 0.1) is 0 Å². The lowest BCUT2D eigenvalue weighted by molar-refractivity contribution is 0.475. The van der Waals surface area contributed by atoms with E-state index in [0.717, 1.165) is 17.7 Å². The molecule has 0 saturated carbocycles. The molecule has 12 heavy (non-hydrogen) atoms. The molecule has 1 aromatic carbocycles. The van der Waals surface area contributed by atoms with E-state index in [4.69, 9.17) is 0 Å². The normalized spacial score (nSPS) is 11.7. The summed E-state index contributed by atoms with van der Waals surface area (Å²) in [5.41, 5.74) is 2.02. The summed E-state index contributed by atoms with van der Waals surface area (Å²) in [6, 6.07) is 7.16. The number of phenolic OH excluding ortho intramolecular Hbond substituents is 1. The van der Waals surface area contributed by atoms with E-state index in [1.54, 1.807) is 19.2 Å². The van der Waals surface area contributed by atoms with Gasteiger partial charge in [0.25, 0.3) is 0 Å². The number of hydrogen-bond acceptors (Lipinski definition) is 2. The number of phenols is 1. The van der Waals surface area contributed by atoms with Crippen molar-refractivity contribution in [3.05, 3.63) is 29.8 Å². The van der Waals surface area contributed by atoms with Gasteiger partial charge in [0.2, 0.25) is 0 Å². The Balaban J connectivity index is 3.02. The minimum Gasteiger partial charge on any atom is -0.508 e. The highest BCUT2D eigenvalue weighted by Crippen LogP contribution is 2.12. The molecule has 0 aliphatic heterocycles. The van der Waals surface area contributed by atoms with Crippen LogP contribution >= 0.6 is 0 Å². The Hall–Kier alpha value is -1.31. The van der Waals surface area contributed by atoms with Crippen molar-refractivity contribution >= 4 is 5.71 Å². The maximum Gasteiger partial charge on any atom is 0.116 e. The van der Waals surface area contributed by atoms with Crippen LogP contribution < -0.4 is 0 Å². The molecule has 2 nitrogen and oxygen atoms in total. The predicted octanol–water partition coefficient (Wildman–Crippen LogP) is 2.22. The van der Waals surface area contributed by atoms with Gasteiger partial charge in [-0.05, 0) is 24.1 Å². The van der Waals surface area contributed by atoms with Crippen molar-refractivity contribution in [1.29, 1.82) is 0 Å². The zero-order valence-corrected chi connectivity index (χ0v) is 7.41. The predicted molar refractivity (Wildman–Crippen MR) is 50.9 cm³/mol. The summed E-state index contributed by atoms with van der Waals surface area (Å²) in [4.78, 5) is 4.12. The van der Waals surface area contributed by atoms with Gasteiger partial charge in [-0.1, -0.05) is 19.1 Å². The summed E-state index contributed by atoms with van der Waals surface area (Å²) in [5.74, 6) is 0.294. The summed E-state index contributed by atoms with van der Waals surface area (Å²) in [6.45, 7) is 2.05. The van der Waals surface area contributed by atoms with Crippen LogP contribution in [0.4, 0.5) is 0 Å². The Bertz CT molecular complexity index is 292. The summed E-state index contributed by atoms with van der Waals surface area (Å²) < 4.78 is 0. The summed E-state index contributed by atoms with van der Waals surface area (Å²) >= 11 is 0. The third-order valence-electron chi connectivity index (χ3n) is 1.78. The highest BCUT2D eigenvalue weighted by molar-refractivity contribution is 6.00. The third-order valence-corrected chi connectivity index (χ3v) is 1.78. The van der Waals surface area contributed by atoms with Crippen LogP contribution in [-0.4, -0.2) is 17.9 Å². The molecule has 0 aromatic heterocycles. The lowest BCUT2D eigenvalue weighted by Gasteiger charge is -2.02. The maximum absolute atomic E-state index is 9.20. The fourth-order valence-electron chi connectivity index (χ4n) is 1.18. The molecular formula is C10H13NO. The fourth-order valence-corrected chi connectivity index (χ4v) is 1.18. The average molecular weight is 163 g/mol. The third kappa shape index (κ3) is 1.84. The van der Waals surface area contributed by atoms with Gasteiger partial charge in [-0.25, -0.2) is 0 Å². The fraction of sp³-hybridized carbons (Fsp3) is 0.300. The van der Waals surface area contributed by atoms with E-state index >= 15 is 0 Å². The smallest absolute Gasteiger partial charge is 0.116 e. The first-order valence-corrected chi connectivity index (χ1v) is 4.03. The molecule has 0 atom stereocenters. The molecule has 0 aliphatic carbocycles. The average Bonchev–Trinajstić information content (AvgIpc) is 2.07. The molecule has 0 saturated heterocycles. The highest BCUT2D eigenvalue weighted by atomic mass is 16.3. The second kappa shape index (κ2) is 3.90. The Labute approximate surface area is 72.6 Å². The molecule has 0 unspecified atom stereocenters. The van der Waals surface area contributed by atoms with Gasteiger partial charge < -0.3 is 5.11 Å². The van der Waals surface area contributed by atoms with E-state index < -0.39 is 0 Å². The molecule has 1 rings (SSSR count). The van der Waals surface area contributed by atoms with Gasteiger partial charge in [0.1, 0.15) is 5.75 Å². The van der Waals surface area contributed by atoms with Crippen molar-refractivity contribution in [2.45, 2.75) is 13.3 Å². The lowest BCUT2D eigenvalue weighted by Crippen LogP contribution is -1.97. The number of aliphatic imine (C=N–C) groups is 1. The van der Waals surface area contributed by atoms with E-state index in [9.17, 15) is 5.11 Å². The molecule has 0 heterocycles. The molecule has 0 radical (unpaired) electrons. The maximum atomic E-state index is 9.20. The monoisotopic (exact) mass is 163 g/mol. The molecule has 1 aromatic rings. The minimum atomic E-state index is 0.294. The Morgan fingerprint density at radius 2 is 2.25 bits per heavy atom. The minimum absolute atomic E-state index is 0.294. The molecular weight excluding hydrogens is 150 g/mol. The van der Waals surface area contributed by atoms with Crippen LogP contribution in [0.2, 0.25) is 0 Å². The lowest BCUT2D eigenvalue weighted by atomic mass is 10.1. The molecule has 2 heteroatoms. The Morgan fingerprint density at radius 3 is 2.75 bits per heavy atom. The molecule has 0 amide bonds. The molecule has 1 N–H and O–H groups in total. The van der Waals surface area contributed by atoms with Gasteiger partial charge in [0, 0.05) is 12.8 Å². The Morgan fingerprint density at radius 1 is 1.50 bits per heavy atom. The van der Waals surface area contributed by atoms with Crippen molar-refractivity contribution in [1.82, 2.24) is 0 Å². The first kappa shape index (κ1) is 8.78. The number of benzene rings is 1.